The number of nitrogens with one attached hydrogen (secondary N) is 1. The maximum absolute atomic E-state index is 12.5. The molecule has 2 fully saturated rings. The molecule has 0 spiro atoms. The van der Waals surface area contributed by atoms with Crippen LogP contribution in [0.1, 0.15) is 31.7 Å². The largest absolute Gasteiger partial charge is 0.493 e. The van der Waals surface area contributed by atoms with Gasteiger partial charge in [0.05, 0.1) is 24.7 Å². The molecule has 4 atom stereocenters. The lowest BCUT2D eigenvalue weighted by Gasteiger charge is -2.27. The zero-order chi connectivity index (χ0) is 17.3. The Morgan fingerprint density at radius 3 is 2.75 bits per heavy atom. The Balaban J connectivity index is 1.66. The molecule has 2 saturated carbocycles. The molecule has 2 bridgehead atoms. The van der Waals surface area contributed by atoms with Gasteiger partial charge in [0.25, 0.3) is 0 Å². The summed E-state index contributed by atoms with van der Waals surface area (Å²) < 4.78 is 10.8. The molecule has 5 nitrogen and oxygen atoms in total. The number of methoxy groups -OCH3 is 1. The van der Waals surface area contributed by atoms with Crippen molar-refractivity contribution in [3.8, 4) is 11.5 Å². The summed E-state index contributed by atoms with van der Waals surface area (Å²) in [6.07, 6.45) is 3.39. The smallest absolute Gasteiger partial charge is 0.225 e. The number of hydrogen-bond donors (Lipinski definition) is 2. The quantitative estimate of drug-likeness (QED) is 0.825. The van der Waals surface area contributed by atoms with Crippen LogP contribution in [-0.4, -0.2) is 25.7 Å². The van der Waals surface area contributed by atoms with Gasteiger partial charge in [-0.05, 0) is 55.7 Å². The zero-order valence-electron chi connectivity index (χ0n) is 14.2. The van der Waals surface area contributed by atoms with E-state index in [1.807, 2.05) is 13.0 Å². The van der Waals surface area contributed by atoms with Gasteiger partial charge >= 0.3 is 0 Å². The maximum atomic E-state index is 12.5. The molecule has 1 aromatic carbocycles. The van der Waals surface area contributed by atoms with Gasteiger partial charge in [-0.15, -0.1) is 0 Å². The second kappa shape index (κ2) is 7.19. The Labute approximate surface area is 147 Å². The number of amides is 1. The highest BCUT2D eigenvalue weighted by Crippen LogP contribution is 2.47. The van der Waals surface area contributed by atoms with E-state index in [2.05, 4.69) is 5.32 Å². The normalized spacial score (nSPS) is 28.0. The Morgan fingerprint density at radius 1 is 1.38 bits per heavy atom. The molecule has 6 heteroatoms. The first-order valence-electron chi connectivity index (χ1n) is 8.57. The van der Waals surface area contributed by atoms with Crippen LogP contribution in [0.3, 0.4) is 0 Å². The molecule has 4 unspecified atom stereocenters. The molecule has 0 aromatic heterocycles. The minimum atomic E-state index is -0.0520. The van der Waals surface area contributed by atoms with Crippen LogP contribution in [0.25, 0.3) is 0 Å². The summed E-state index contributed by atoms with van der Waals surface area (Å²) in [4.78, 5) is 12.5. The fourth-order valence-electron chi connectivity index (χ4n) is 4.19. The molecular formula is C18H25ClN2O3. The highest BCUT2D eigenvalue weighted by molar-refractivity contribution is 6.32. The SMILES string of the molecule is CCOc1c(Cl)cc(CNC(=O)C2C3CCC(C3)C2N)cc1OC. The van der Waals surface area contributed by atoms with Crippen LogP contribution in [0.2, 0.25) is 5.02 Å². The van der Waals surface area contributed by atoms with Crippen LogP contribution in [0.4, 0.5) is 0 Å². The van der Waals surface area contributed by atoms with Crippen molar-refractivity contribution in [2.45, 2.75) is 38.8 Å². The predicted molar refractivity (Wildman–Crippen MR) is 93.3 cm³/mol. The number of carbonyl (C=O) groups excluding carboxylic acids is 1. The number of rotatable bonds is 6. The number of carbonyl (C=O) groups is 1. The fraction of sp³-hybridized carbons (Fsp3) is 0.611. The van der Waals surface area contributed by atoms with E-state index >= 15 is 0 Å². The second-order valence-electron chi connectivity index (χ2n) is 6.70. The van der Waals surface area contributed by atoms with E-state index in [9.17, 15) is 4.79 Å². The number of hydrogen-bond acceptors (Lipinski definition) is 4. The zero-order valence-corrected chi connectivity index (χ0v) is 14.9. The van der Waals surface area contributed by atoms with Crippen molar-refractivity contribution in [1.82, 2.24) is 5.32 Å². The van der Waals surface area contributed by atoms with E-state index in [1.54, 1.807) is 13.2 Å². The van der Waals surface area contributed by atoms with Crippen molar-refractivity contribution in [3.63, 3.8) is 0 Å². The Hall–Kier alpha value is -1.46. The summed E-state index contributed by atoms with van der Waals surface area (Å²) >= 11 is 6.27. The van der Waals surface area contributed by atoms with Crippen LogP contribution in [-0.2, 0) is 11.3 Å². The van der Waals surface area contributed by atoms with Crippen molar-refractivity contribution >= 4 is 17.5 Å². The van der Waals surface area contributed by atoms with Gasteiger partial charge in [0.1, 0.15) is 0 Å². The van der Waals surface area contributed by atoms with Crippen molar-refractivity contribution in [3.05, 3.63) is 22.7 Å². The molecular weight excluding hydrogens is 328 g/mol. The van der Waals surface area contributed by atoms with E-state index in [-0.39, 0.29) is 17.9 Å². The van der Waals surface area contributed by atoms with Crippen molar-refractivity contribution < 1.29 is 14.3 Å². The molecule has 0 saturated heterocycles. The lowest BCUT2D eigenvalue weighted by atomic mass is 9.84. The molecule has 3 N–H and O–H groups in total. The van der Waals surface area contributed by atoms with Crippen molar-refractivity contribution in [2.24, 2.45) is 23.5 Å². The van der Waals surface area contributed by atoms with Crippen molar-refractivity contribution in [1.29, 1.82) is 0 Å². The molecule has 2 aliphatic rings. The van der Waals surface area contributed by atoms with Gasteiger partial charge in [-0.1, -0.05) is 11.6 Å². The van der Waals surface area contributed by atoms with Gasteiger partial charge in [0.15, 0.2) is 11.5 Å². The average molecular weight is 353 g/mol. The Morgan fingerprint density at radius 2 is 2.12 bits per heavy atom. The van der Waals surface area contributed by atoms with Crippen LogP contribution in [0.5, 0.6) is 11.5 Å². The van der Waals surface area contributed by atoms with Gasteiger partial charge < -0.3 is 20.5 Å². The first kappa shape index (κ1) is 17.4. The van der Waals surface area contributed by atoms with Crippen LogP contribution in [0.15, 0.2) is 12.1 Å². The summed E-state index contributed by atoms with van der Waals surface area (Å²) in [6, 6.07) is 3.65. The number of nitrogens with two attached hydrogens (primary N) is 1. The van der Waals surface area contributed by atoms with Crippen molar-refractivity contribution in [2.75, 3.05) is 13.7 Å². The van der Waals surface area contributed by atoms with Crippen LogP contribution < -0.4 is 20.5 Å². The summed E-state index contributed by atoms with van der Waals surface area (Å²) in [6.45, 7) is 2.80. The summed E-state index contributed by atoms with van der Waals surface area (Å²) in [5.74, 6) is 2.08. The lowest BCUT2D eigenvalue weighted by Crippen LogP contribution is -2.45. The molecule has 0 radical (unpaired) electrons. The number of fused-ring (bicyclic) bond motifs is 2. The Bertz CT molecular complexity index is 621. The minimum absolute atomic E-state index is 0.00204. The van der Waals surface area contributed by atoms with E-state index in [1.165, 1.54) is 6.42 Å². The van der Waals surface area contributed by atoms with Crippen LogP contribution >= 0.6 is 11.6 Å². The van der Waals surface area contributed by atoms with E-state index in [0.29, 0.717) is 41.5 Å². The van der Waals surface area contributed by atoms with Gasteiger partial charge in [0, 0.05) is 12.6 Å². The minimum Gasteiger partial charge on any atom is -0.493 e. The first-order valence-corrected chi connectivity index (χ1v) is 8.95. The monoisotopic (exact) mass is 352 g/mol. The van der Waals surface area contributed by atoms with Gasteiger partial charge in [-0.25, -0.2) is 0 Å². The van der Waals surface area contributed by atoms with Crippen LogP contribution in [0, 0.1) is 17.8 Å². The molecule has 1 amide bonds. The molecule has 24 heavy (non-hydrogen) atoms. The van der Waals surface area contributed by atoms with E-state index < -0.39 is 0 Å². The lowest BCUT2D eigenvalue weighted by molar-refractivity contribution is -0.127. The molecule has 132 valence electrons. The standard InChI is InChI=1S/C18H25ClN2O3/c1-3-24-17-13(19)6-10(7-14(17)23-2)9-21-18(22)15-11-4-5-12(8-11)16(15)20/h6-7,11-12,15-16H,3-5,8-9,20H2,1-2H3,(H,21,22). The molecule has 1 aromatic rings. The molecule has 2 aliphatic carbocycles. The third-order valence-electron chi connectivity index (χ3n) is 5.33. The average Bonchev–Trinajstić information content (AvgIpc) is 3.15. The van der Waals surface area contributed by atoms with Gasteiger partial charge in [0.2, 0.25) is 5.91 Å². The molecule has 0 heterocycles. The molecule has 3 rings (SSSR count). The van der Waals surface area contributed by atoms with E-state index in [0.717, 1.165) is 18.4 Å². The highest BCUT2D eigenvalue weighted by atomic mass is 35.5. The second-order valence-corrected chi connectivity index (χ2v) is 7.10. The topological polar surface area (TPSA) is 73.6 Å². The summed E-state index contributed by atoms with van der Waals surface area (Å²) in [7, 11) is 1.57. The predicted octanol–water partition coefficient (Wildman–Crippen LogP) is 2.74. The summed E-state index contributed by atoms with van der Waals surface area (Å²) in [5.41, 5.74) is 7.12. The fourth-order valence-corrected chi connectivity index (χ4v) is 4.48. The summed E-state index contributed by atoms with van der Waals surface area (Å²) in [5, 5.41) is 3.50. The van der Waals surface area contributed by atoms with Gasteiger partial charge in [-0.3, -0.25) is 4.79 Å². The Kier molecular flexibility index (Phi) is 5.21. The molecule has 0 aliphatic heterocycles. The van der Waals surface area contributed by atoms with E-state index in [4.69, 9.17) is 26.8 Å². The highest BCUT2D eigenvalue weighted by Gasteiger charge is 2.48. The number of ether oxygens (including phenoxy) is 2. The third-order valence-corrected chi connectivity index (χ3v) is 5.61. The third kappa shape index (κ3) is 3.20. The first-order chi connectivity index (χ1) is 11.5. The van der Waals surface area contributed by atoms with Gasteiger partial charge in [-0.2, -0.15) is 0 Å². The number of halogens is 1. The number of benzene rings is 1. The maximum Gasteiger partial charge on any atom is 0.225 e.